The van der Waals surface area contributed by atoms with Crippen LogP contribution in [0.4, 0.5) is 0 Å². The minimum atomic E-state index is 1.18. The molecular weight excluding hydrogens is 502 g/mol. The normalized spacial score (nSPS) is 12.4. The van der Waals surface area contributed by atoms with Crippen LogP contribution in [0.1, 0.15) is 0 Å². The number of benzene rings is 7. The zero-order valence-electron chi connectivity index (χ0n) is 21.6. The Morgan fingerprint density at radius 1 is 0.450 bits per heavy atom. The zero-order chi connectivity index (χ0) is 26.2. The van der Waals surface area contributed by atoms with Crippen LogP contribution >= 0.6 is 11.8 Å². The van der Waals surface area contributed by atoms with E-state index < -0.39 is 0 Å². The monoisotopic (exact) mass is 525 g/mol. The molecule has 40 heavy (non-hydrogen) atoms. The molecule has 9 rings (SSSR count). The van der Waals surface area contributed by atoms with Crippen molar-refractivity contribution in [1.29, 1.82) is 0 Å². The molecule has 2 heteroatoms. The van der Waals surface area contributed by atoms with Crippen molar-refractivity contribution in [3.63, 3.8) is 0 Å². The first-order valence-corrected chi connectivity index (χ1v) is 14.5. The van der Waals surface area contributed by atoms with Crippen LogP contribution in [0.3, 0.4) is 0 Å². The van der Waals surface area contributed by atoms with Gasteiger partial charge in [0.25, 0.3) is 0 Å². The van der Waals surface area contributed by atoms with E-state index in [0.29, 0.717) is 0 Å². The summed E-state index contributed by atoms with van der Waals surface area (Å²) >= 11 is 1.88. The summed E-state index contributed by atoms with van der Waals surface area (Å²) in [6.07, 6.45) is 0. The Balaban J connectivity index is 1.36. The van der Waals surface area contributed by atoms with Gasteiger partial charge in [-0.15, -0.1) is 0 Å². The minimum Gasteiger partial charge on any atom is -0.309 e. The first-order chi connectivity index (χ1) is 19.8. The smallest absolute Gasteiger partial charge is 0.0619 e. The van der Waals surface area contributed by atoms with Crippen molar-refractivity contribution in [1.82, 2.24) is 4.57 Å². The van der Waals surface area contributed by atoms with Gasteiger partial charge in [-0.25, -0.2) is 0 Å². The van der Waals surface area contributed by atoms with Crippen LogP contribution in [0, 0.1) is 0 Å². The van der Waals surface area contributed by atoms with Gasteiger partial charge in [0.2, 0.25) is 0 Å². The Kier molecular flexibility index (Phi) is 4.61. The Hall–Kier alpha value is -4.79. The van der Waals surface area contributed by atoms with Crippen molar-refractivity contribution in [3.05, 3.63) is 140 Å². The van der Waals surface area contributed by atoms with Crippen LogP contribution in [-0.2, 0) is 0 Å². The van der Waals surface area contributed by atoms with Gasteiger partial charge < -0.3 is 4.57 Å². The SMILES string of the molecule is c1ccc(-n2c3cc(-c4ccc5c6c(cccc46)-c4ccccc4S5)ccc3c3ccc4ccccc4c32)cc1. The number of hydrogen-bond acceptors (Lipinski definition) is 1. The van der Waals surface area contributed by atoms with E-state index in [-0.39, 0.29) is 0 Å². The van der Waals surface area contributed by atoms with E-state index in [9.17, 15) is 0 Å². The largest absolute Gasteiger partial charge is 0.309 e. The van der Waals surface area contributed by atoms with E-state index in [0.717, 1.165) is 0 Å². The number of nitrogens with zero attached hydrogens (tertiary/aromatic N) is 1. The van der Waals surface area contributed by atoms with Gasteiger partial charge in [-0.05, 0) is 63.4 Å². The Morgan fingerprint density at radius 2 is 1.23 bits per heavy atom. The van der Waals surface area contributed by atoms with E-state index in [4.69, 9.17) is 0 Å². The zero-order valence-corrected chi connectivity index (χ0v) is 22.5. The molecule has 0 N–H and O–H groups in total. The highest BCUT2D eigenvalue weighted by Crippen LogP contribution is 2.50. The molecule has 0 amide bonds. The third-order valence-electron chi connectivity index (χ3n) is 8.38. The average molecular weight is 526 g/mol. The van der Waals surface area contributed by atoms with Crippen LogP contribution < -0.4 is 0 Å². The first-order valence-electron chi connectivity index (χ1n) is 13.7. The molecule has 7 aromatic carbocycles. The van der Waals surface area contributed by atoms with Crippen molar-refractivity contribution in [2.24, 2.45) is 0 Å². The molecule has 0 saturated carbocycles. The average Bonchev–Trinajstić information content (AvgIpc) is 3.36. The van der Waals surface area contributed by atoms with Crippen molar-refractivity contribution < 1.29 is 0 Å². The fourth-order valence-electron chi connectivity index (χ4n) is 6.62. The van der Waals surface area contributed by atoms with E-state index in [1.807, 2.05) is 11.8 Å². The van der Waals surface area contributed by atoms with Crippen LogP contribution in [0.2, 0.25) is 0 Å². The third kappa shape index (κ3) is 3.05. The molecule has 8 aromatic rings. The maximum atomic E-state index is 2.45. The highest BCUT2D eigenvalue weighted by Gasteiger charge is 2.21. The standard InChI is InChI=1S/C38H23NS/c1-2-10-26(11-3-1)39-34-23-25(18-19-29(34)33-20-17-24-9-4-5-12-28(24)38(33)39)27-21-22-36-37-31(27)14-8-15-32(37)30-13-6-7-16-35(30)40-36/h1-23H. The van der Waals surface area contributed by atoms with Gasteiger partial charge in [0.1, 0.15) is 0 Å². The van der Waals surface area contributed by atoms with E-state index >= 15 is 0 Å². The summed E-state index contributed by atoms with van der Waals surface area (Å²) in [6.45, 7) is 0. The molecule has 1 aliphatic heterocycles. The summed E-state index contributed by atoms with van der Waals surface area (Å²) in [5, 5.41) is 7.77. The number of hydrogen-bond donors (Lipinski definition) is 0. The fraction of sp³-hybridized carbons (Fsp3) is 0. The van der Waals surface area contributed by atoms with Gasteiger partial charge in [0, 0.05) is 37.0 Å². The second kappa shape index (κ2) is 8.35. The molecule has 186 valence electrons. The molecular formula is C38H23NS. The number of para-hydroxylation sites is 1. The lowest BCUT2D eigenvalue weighted by Crippen LogP contribution is -1.95. The maximum absolute atomic E-state index is 2.45. The second-order valence-corrected chi connectivity index (χ2v) is 11.6. The summed E-state index contributed by atoms with van der Waals surface area (Å²) in [7, 11) is 0. The maximum Gasteiger partial charge on any atom is 0.0619 e. The Labute approximate surface area is 236 Å². The molecule has 1 aliphatic rings. The molecule has 0 spiro atoms. The number of rotatable bonds is 2. The summed E-state index contributed by atoms with van der Waals surface area (Å²) in [5.74, 6) is 0. The summed E-state index contributed by atoms with van der Waals surface area (Å²) in [6, 6.07) is 51.2. The van der Waals surface area contributed by atoms with Crippen molar-refractivity contribution >= 4 is 55.1 Å². The minimum absolute atomic E-state index is 1.18. The first kappa shape index (κ1) is 22.1. The van der Waals surface area contributed by atoms with Gasteiger partial charge in [-0.2, -0.15) is 0 Å². The van der Waals surface area contributed by atoms with Gasteiger partial charge in [0.15, 0.2) is 0 Å². The molecule has 0 aliphatic carbocycles. The Bertz CT molecular complexity index is 2290. The molecule has 0 fully saturated rings. The summed E-state index contributed by atoms with van der Waals surface area (Å²) < 4.78 is 2.45. The lowest BCUT2D eigenvalue weighted by Gasteiger charge is -2.21. The topological polar surface area (TPSA) is 4.93 Å². The van der Waals surface area contributed by atoms with Crippen molar-refractivity contribution in [2.75, 3.05) is 0 Å². The van der Waals surface area contributed by atoms with Crippen molar-refractivity contribution in [2.45, 2.75) is 9.79 Å². The lowest BCUT2D eigenvalue weighted by atomic mass is 9.92. The molecule has 0 atom stereocenters. The van der Waals surface area contributed by atoms with Gasteiger partial charge in [-0.3, -0.25) is 0 Å². The fourth-order valence-corrected chi connectivity index (χ4v) is 7.75. The number of fused-ring (bicyclic) bond motifs is 7. The van der Waals surface area contributed by atoms with E-state index in [1.54, 1.807) is 0 Å². The van der Waals surface area contributed by atoms with Gasteiger partial charge in [-0.1, -0.05) is 121 Å². The van der Waals surface area contributed by atoms with Gasteiger partial charge in [0.05, 0.1) is 11.0 Å². The molecule has 0 radical (unpaired) electrons. The van der Waals surface area contributed by atoms with Crippen LogP contribution in [0.5, 0.6) is 0 Å². The van der Waals surface area contributed by atoms with Crippen LogP contribution in [-0.4, -0.2) is 4.57 Å². The van der Waals surface area contributed by atoms with E-state index in [1.165, 1.54) is 81.1 Å². The lowest BCUT2D eigenvalue weighted by molar-refractivity contribution is 1.19. The molecule has 0 saturated heterocycles. The Morgan fingerprint density at radius 3 is 2.17 bits per heavy atom. The highest BCUT2D eigenvalue weighted by molar-refractivity contribution is 7.99. The highest BCUT2D eigenvalue weighted by atomic mass is 32.2. The second-order valence-electron chi connectivity index (χ2n) is 10.5. The predicted octanol–water partition coefficient (Wildman–Crippen LogP) is 10.9. The van der Waals surface area contributed by atoms with Crippen molar-refractivity contribution in [3.8, 4) is 27.9 Å². The predicted molar refractivity (Wildman–Crippen MR) is 171 cm³/mol. The molecule has 1 nitrogen and oxygen atoms in total. The van der Waals surface area contributed by atoms with E-state index in [2.05, 4.69) is 144 Å². The number of aromatic nitrogens is 1. The molecule has 2 heterocycles. The molecule has 0 unspecified atom stereocenters. The third-order valence-corrected chi connectivity index (χ3v) is 9.51. The summed E-state index contributed by atoms with van der Waals surface area (Å²) in [5.41, 5.74) is 8.85. The molecule has 0 bridgehead atoms. The van der Waals surface area contributed by atoms with Gasteiger partial charge >= 0.3 is 0 Å². The summed E-state index contributed by atoms with van der Waals surface area (Å²) in [4.78, 5) is 2.66. The van der Waals surface area contributed by atoms with Crippen LogP contribution in [0.25, 0.3) is 71.3 Å². The molecule has 1 aromatic heterocycles. The quantitative estimate of drug-likeness (QED) is 0.217. The van der Waals surface area contributed by atoms with Crippen LogP contribution in [0.15, 0.2) is 149 Å².